The van der Waals surface area contributed by atoms with Crippen LogP contribution in [0.25, 0.3) is 11.3 Å². The monoisotopic (exact) mass is 349 g/mol. The van der Waals surface area contributed by atoms with Crippen molar-refractivity contribution in [1.29, 1.82) is 5.26 Å². The molecule has 25 heavy (non-hydrogen) atoms. The van der Waals surface area contributed by atoms with Crippen molar-refractivity contribution in [1.82, 2.24) is 9.97 Å². The number of rotatable bonds is 4. The summed E-state index contributed by atoms with van der Waals surface area (Å²) in [4.78, 5) is 19.2. The highest BCUT2D eigenvalue weighted by molar-refractivity contribution is 7.98. The molecule has 124 valence electrons. The van der Waals surface area contributed by atoms with Gasteiger partial charge in [0.1, 0.15) is 28.8 Å². The molecule has 1 N–H and O–H groups in total. The Bertz CT molecular complexity index is 1000. The smallest absolute Gasteiger partial charge is 0.270 e. The van der Waals surface area contributed by atoms with Gasteiger partial charge in [0.15, 0.2) is 5.16 Å². The van der Waals surface area contributed by atoms with Crippen molar-refractivity contribution in [2.24, 2.45) is 0 Å². The van der Waals surface area contributed by atoms with Crippen molar-refractivity contribution >= 4 is 11.8 Å². The first-order chi connectivity index (χ1) is 12.1. The van der Waals surface area contributed by atoms with E-state index in [-0.39, 0.29) is 5.56 Å². The van der Waals surface area contributed by atoms with Crippen LogP contribution in [0.3, 0.4) is 0 Å². The Balaban J connectivity index is 2.13. The van der Waals surface area contributed by atoms with Gasteiger partial charge < -0.3 is 9.72 Å². The zero-order chi connectivity index (χ0) is 17.8. The summed E-state index contributed by atoms with van der Waals surface area (Å²) in [6.45, 7) is 2.00. The molecule has 0 radical (unpaired) electrons. The van der Waals surface area contributed by atoms with E-state index in [1.54, 1.807) is 12.1 Å². The van der Waals surface area contributed by atoms with E-state index in [2.05, 4.69) is 9.97 Å². The predicted octanol–water partition coefficient (Wildman–Crippen LogP) is 4.13. The molecular weight excluding hydrogens is 334 g/mol. The summed E-state index contributed by atoms with van der Waals surface area (Å²) in [5.41, 5.74) is 1.56. The average molecular weight is 349 g/mol. The predicted molar refractivity (Wildman–Crippen MR) is 98.0 cm³/mol. The molecule has 0 aliphatic heterocycles. The lowest BCUT2D eigenvalue weighted by atomic mass is 10.1. The third kappa shape index (κ3) is 3.57. The fraction of sp³-hybridized carbons (Fsp3) is 0.105. The molecule has 0 saturated carbocycles. The Hall–Kier alpha value is -3.04. The number of nitriles is 1. The Kier molecular flexibility index (Phi) is 4.87. The maximum Gasteiger partial charge on any atom is 0.270 e. The van der Waals surface area contributed by atoms with Gasteiger partial charge in [0.05, 0.1) is 0 Å². The topological polar surface area (TPSA) is 78.8 Å². The van der Waals surface area contributed by atoms with Gasteiger partial charge in [0.2, 0.25) is 0 Å². The number of aryl methyl sites for hydroxylation is 1. The normalized spacial score (nSPS) is 10.3. The molecule has 0 aliphatic rings. The van der Waals surface area contributed by atoms with Crippen LogP contribution < -0.4 is 10.3 Å². The van der Waals surface area contributed by atoms with Crippen LogP contribution in [0, 0.1) is 18.3 Å². The van der Waals surface area contributed by atoms with Gasteiger partial charge in [-0.05, 0) is 37.4 Å². The number of hydrogen-bond donors (Lipinski definition) is 1. The van der Waals surface area contributed by atoms with Gasteiger partial charge in [-0.3, -0.25) is 4.79 Å². The Labute approximate surface area is 149 Å². The molecule has 5 nitrogen and oxygen atoms in total. The van der Waals surface area contributed by atoms with Gasteiger partial charge in [0, 0.05) is 5.56 Å². The first kappa shape index (κ1) is 16.8. The van der Waals surface area contributed by atoms with E-state index in [0.29, 0.717) is 27.9 Å². The summed E-state index contributed by atoms with van der Waals surface area (Å²) in [6.07, 6.45) is 1.81. The Morgan fingerprint density at radius 2 is 1.88 bits per heavy atom. The number of nitrogens with one attached hydrogen (secondary N) is 1. The second-order valence-corrected chi connectivity index (χ2v) is 6.12. The summed E-state index contributed by atoms with van der Waals surface area (Å²) in [5, 5.41) is 9.83. The molecular formula is C19H15N3O2S. The van der Waals surface area contributed by atoms with E-state index in [1.807, 2.05) is 55.6 Å². The van der Waals surface area contributed by atoms with Crippen LogP contribution in [0.15, 0.2) is 58.5 Å². The van der Waals surface area contributed by atoms with Gasteiger partial charge in [0.25, 0.3) is 5.56 Å². The SMILES string of the molecule is CSc1nc(-c2ccccc2Oc2ccc(C)cc2)c(C#N)c(=O)[nH]1. The second kappa shape index (κ2) is 7.24. The zero-order valence-corrected chi connectivity index (χ0v) is 14.6. The molecule has 6 heteroatoms. The van der Waals surface area contributed by atoms with Gasteiger partial charge >= 0.3 is 0 Å². The van der Waals surface area contributed by atoms with Gasteiger partial charge in [-0.15, -0.1) is 0 Å². The first-order valence-corrected chi connectivity index (χ1v) is 8.77. The lowest BCUT2D eigenvalue weighted by Crippen LogP contribution is -2.14. The summed E-state index contributed by atoms with van der Waals surface area (Å²) >= 11 is 1.31. The lowest BCUT2D eigenvalue weighted by molar-refractivity contribution is 0.484. The number of aromatic nitrogens is 2. The van der Waals surface area contributed by atoms with Crippen LogP contribution in [0.4, 0.5) is 0 Å². The number of benzene rings is 2. The summed E-state index contributed by atoms with van der Waals surface area (Å²) < 4.78 is 5.96. The maximum atomic E-state index is 12.2. The Morgan fingerprint density at radius 1 is 1.16 bits per heavy atom. The minimum atomic E-state index is -0.456. The fourth-order valence-corrected chi connectivity index (χ4v) is 2.71. The molecule has 3 aromatic rings. The molecule has 0 amide bonds. The molecule has 0 unspecified atom stereocenters. The fourth-order valence-electron chi connectivity index (χ4n) is 2.33. The molecule has 0 aliphatic carbocycles. The number of H-pyrrole nitrogens is 1. The molecule has 3 rings (SSSR count). The number of ether oxygens (including phenoxy) is 1. The minimum Gasteiger partial charge on any atom is -0.457 e. The molecule has 0 bridgehead atoms. The highest BCUT2D eigenvalue weighted by Gasteiger charge is 2.17. The third-order valence-corrected chi connectivity index (χ3v) is 4.17. The van der Waals surface area contributed by atoms with Crippen LogP contribution in [-0.4, -0.2) is 16.2 Å². The number of aromatic amines is 1. The van der Waals surface area contributed by atoms with Crippen molar-refractivity contribution in [3.05, 3.63) is 70.0 Å². The van der Waals surface area contributed by atoms with Gasteiger partial charge in [-0.1, -0.05) is 41.6 Å². The molecule has 1 heterocycles. The maximum absolute atomic E-state index is 12.2. The van der Waals surface area contributed by atoms with Crippen LogP contribution in [-0.2, 0) is 0 Å². The van der Waals surface area contributed by atoms with E-state index in [4.69, 9.17) is 4.74 Å². The highest BCUT2D eigenvalue weighted by Crippen LogP contribution is 2.33. The molecule has 0 atom stereocenters. The summed E-state index contributed by atoms with van der Waals surface area (Å²) in [6, 6.07) is 16.8. The molecule has 2 aromatic carbocycles. The zero-order valence-electron chi connectivity index (χ0n) is 13.7. The van der Waals surface area contributed by atoms with Crippen molar-refractivity contribution < 1.29 is 4.74 Å². The minimum absolute atomic E-state index is 0.0299. The van der Waals surface area contributed by atoms with Gasteiger partial charge in [-0.2, -0.15) is 5.26 Å². The summed E-state index contributed by atoms with van der Waals surface area (Å²) in [7, 11) is 0. The largest absolute Gasteiger partial charge is 0.457 e. The van der Waals surface area contributed by atoms with Crippen LogP contribution in [0.1, 0.15) is 11.1 Å². The molecule has 1 aromatic heterocycles. The van der Waals surface area contributed by atoms with E-state index < -0.39 is 5.56 Å². The van der Waals surface area contributed by atoms with E-state index in [9.17, 15) is 10.1 Å². The highest BCUT2D eigenvalue weighted by atomic mass is 32.2. The van der Waals surface area contributed by atoms with E-state index in [0.717, 1.165) is 5.56 Å². The number of thioether (sulfide) groups is 1. The average Bonchev–Trinajstić information content (AvgIpc) is 2.63. The van der Waals surface area contributed by atoms with Crippen LogP contribution >= 0.6 is 11.8 Å². The molecule has 0 spiro atoms. The van der Waals surface area contributed by atoms with Crippen LogP contribution in [0.2, 0.25) is 0 Å². The third-order valence-electron chi connectivity index (χ3n) is 3.59. The second-order valence-electron chi connectivity index (χ2n) is 5.32. The summed E-state index contributed by atoms with van der Waals surface area (Å²) in [5.74, 6) is 1.21. The van der Waals surface area contributed by atoms with Crippen molar-refractivity contribution in [3.8, 4) is 28.8 Å². The van der Waals surface area contributed by atoms with Crippen molar-refractivity contribution in [2.45, 2.75) is 12.1 Å². The number of hydrogen-bond acceptors (Lipinski definition) is 5. The van der Waals surface area contributed by atoms with Crippen LogP contribution in [0.5, 0.6) is 11.5 Å². The van der Waals surface area contributed by atoms with Crippen molar-refractivity contribution in [3.63, 3.8) is 0 Å². The van der Waals surface area contributed by atoms with E-state index in [1.165, 1.54) is 11.8 Å². The number of nitrogens with zero attached hydrogens (tertiary/aromatic N) is 2. The quantitative estimate of drug-likeness (QED) is 0.566. The lowest BCUT2D eigenvalue weighted by Gasteiger charge is -2.12. The van der Waals surface area contributed by atoms with Gasteiger partial charge in [-0.25, -0.2) is 4.98 Å². The standard InChI is InChI=1S/C19H15N3O2S/c1-12-7-9-13(10-8-12)24-16-6-4-3-5-14(16)17-15(11-20)18(23)22-19(21-17)25-2/h3-10H,1-2H3,(H,21,22,23). The molecule has 0 fully saturated rings. The Morgan fingerprint density at radius 3 is 2.56 bits per heavy atom. The molecule has 0 saturated heterocycles. The van der Waals surface area contributed by atoms with E-state index >= 15 is 0 Å². The van der Waals surface area contributed by atoms with Crippen molar-refractivity contribution in [2.75, 3.05) is 6.26 Å². The number of para-hydroxylation sites is 1. The first-order valence-electron chi connectivity index (χ1n) is 7.54.